The first kappa shape index (κ1) is 14.0. The van der Waals surface area contributed by atoms with Gasteiger partial charge < -0.3 is 9.80 Å². The van der Waals surface area contributed by atoms with Crippen LogP contribution in [0, 0.1) is 0 Å². The summed E-state index contributed by atoms with van der Waals surface area (Å²) in [5.41, 5.74) is 0. The van der Waals surface area contributed by atoms with Gasteiger partial charge >= 0.3 is 6.18 Å². The first-order valence-corrected chi connectivity index (χ1v) is 7.02. The van der Waals surface area contributed by atoms with Crippen LogP contribution in [-0.4, -0.2) is 46.3 Å². The van der Waals surface area contributed by atoms with Gasteiger partial charge in [-0.2, -0.15) is 13.2 Å². The largest absolute Gasteiger partial charge is 0.445 e. The van der Waals surface area contributed by atoms with Crippen molar-refractivity contribution in [1.82, 2.24) is 20.2 Å². The molecule has 2 aromatic rings. The molecular weight excluding hydrogens is 305 g/mol. The van der Waals surface area contributed by atoms with Crippen molar-refractivity contribution in [3.05, 3.63) is 23.6 Å². The summed E-state index contributed by atoms with van der Waals surface area (Å²) in [5, 5.41) is 6.25. The molecule has 10 heteroatoms. The average Bonchev–Trinajstić information content (AvgIpc) is 2.98. The lowest BCUT2D eigenvalue weighted by Crippen LogP contribution is -2.46. The number of hydrogen-bond acceptors (Lipinski definition) is 7. The normalized spacial score (nSPS) is 16.3. The van der Waals surface area contributed by atoms with Gasteiger partial charge in [-0.3, -0.25) is 0 Å². The van der Waals surface area contributed by atoms with Gasteiger partial charge in [-0.05, 0) is 6.07 Å². The smallest absolute Gasteiger partial charge is 0.353 e. The van der Waals surface area contributed by atoms with Crippen LogP contribution >= 0.6 is 11.3 Å². The summed E-state index contributed by atoms with van der Waals surface area (Å²) in [5.74, 6) is 0.817. The number of piperazine rings is 1. The van der Waals surface area contributed by atoms with Crippen LogP contribution in [0.5, 0.6) is 0 Å². The summed E-state index contributed by atoms with van der Waals surface area (Å²) in [6.45, 7) is 2.49. The second-order valence-electron chi connectivity index (χ2n) is 4.43. The van der Waals surface area contributed by atoms with E-state index in [-0.39, 0.29) is 0 Å². The van der Waals surface area contributed by atoms with Crippen LogP contribution in [0.25, 0.3) is 0 Å². The van der Waals surface area contributed by atoms with Crippen molar-refractivity contribution in [1.29, 1.82) is 0 Å². The predicted octanol–water partition coefficient (Wildman–Crippen LogP) is 1.67. The summed E-state index contributed by atoms with van der Waals surface area (Å²) in [4.78, 5) is 11.9. The second kappa shape index (κ2) is 5.43. The molecule has 2 aromatic heterocycles. The van der Waals surface area contributed by atoms with Crippen molar-refractivity contribution in [3.8, 4) is 0 Å². The summed E-state index contributed by atoms with van der Waals surface area (Å²) >= 11 is 0.578. The van der Waals surface area contributed by atoms with Crippen LogP contribution in [0.1, 0.15) is 5.01 Å². The molecule has 1 saturated heterocycles. The quantitative estimate of drug-likeness (QED) is 0.840. The van der Waals surface area contributed by atoms with Crippen LogP contribution < -0.4 is 9.80 Å². The molecular formula is C11H11F3N6S. The molecule has 3 heterocycles. The van der Waals surface area contributed by atoms with Gasteiger partial charge in [0.2, 0.25) is 10.1 Å². The highest BCUT2D eigenvalue weighted by molar-refractivity contribution is 7.15. The lowest BCUT2D eigenvalue weighted by Gasteiger charge is -2.34. The van der Waals surface area contributed by atoms with E-state index in [1.807, 2.05) is 11.0 Å². The van der Waals surface area contributed by atoms with Crippen LogP contribution in [0.3, 0.4) is 0 Å². The summed E-state index contributed by atoms with van der Waals surface area (Å²) in [6.07, 6.45) is -1.30. The minimum atomic E-state index is -4.43. The van der Waals surface area contributed by atoms with Crippen molar-refractivity contribution in [2.24, 2.45) is 0 Å². The number of nitrogens with zero attached hydrogens (tertiary/aromatic N) is 6. The zero-order valence-electron chi connectivity index (χ0n) is 10.8. The highest BCUT2D eigenvalue weighted by atomic mass is 32.1. The molecule has 112 valence electrons. The molecule has 0 aromatic carbocycles. The molecule has 0 atom stereocenters. The summed E-state index contributed by atoms with van der Waals surface area (Å²) < 4.78 is 37.6. The van der Waals surface area contributed by atoms with Gasteiger partial charge in [0.15, 0.2) is 0 Å². The Balaban J connectivity index is 1.65. The summed E-state index contributed by atoms with van der Waals surface area (Å²) in [7, 11) is 0. The number of halogens is 3. The summed E-state index contributed by atoms with van der Waals surface area (Å²) in [6, 6.07) is 1.81. The molecule has 21 heavy (non-hydrogen) atoms. The second-order valence-corrected chi connectivity index (χ2v) is 5.39. The number of hydrogen-bond donors (Lipinski definition) is 0. The van der Waals surface area contributed by atoms with Gasteiger partial charge in [0.25, 0.3) is 0 Å². The Morgan fingerprint density at radius 3 is 2.33 bits per heavy atom. The van der Waals surface area contributed by atoms with Crippen LogP contribution in [0.15, 0.2) is 18.6 Å². The van der Waals surface area contributed by atoms with E-state index in [4.69, 9.17) is 0 Å². The van der Waals surface area contributed by atoms with Crippen molar-refractivity contribution in [2.45, 2.75) is 6.18 Å². The molecule has 0 spiro atoms. The highest BCUT2D eigenvalue weighted by Gasteiger charge is 2.36. The van der Waals surface area contributed by atoms with E-state index in [0.717, 1.165) is 5.82 Å². The third-order valence-corrected chi connectivity index (χ3v) is 4.13. The molecule has 0 unspecified atom stereocenters. The lowest BCUT2D eigenvalue weighted by molar-refractivity contribution is -0.138. The highest BCUT2D eigenvalue weighted by Crippen LogP contribution is 2.34. The zero-order valence-corrected chi connectivity index (χ0v) is 11.6. The van der Waals surface area contributed by atoms with E-state index >= 15 is 0 Å². The van der Waals surface area contributed by atoms with Gasteiger partial charge in [0.1, 0.15) is 12.1 Å². The van der Waals surface area contributed by atoms with Gasteiger partial charge in [-0.15, -0.1) is 10.2 Å². The Labute approximate surface area is 122 Å². The molecule has 0 aliphatic carbocycles. The van der Waals surface area contributed by atoms with E-state index in [0.29, 0.717) is 42.6 Å². The molecule has 0 amide bonds. The maximum Gasteiger partial charge on any atom is 0.445 e. The maximum atomic E-state index is 12.5. The standard InChI is InChI=1S/C11H11F3N6S/c12-11(13,14)9-17-18-10(21-9)20-5-3-19(4-6-20)8-1-2-15-7-16-8/h1-2,7H,3-6H2. The Bertz CT molecular complexity index is 594. The molecule has 0 N–H and O–H groups in total. The molecule has 0 radical (unpaired) electrons. The van der Waals surface area contributed by atoms with E-state index in [2.05, 4.69) is 25.1 Å². The molecule has 1 aliphatic heterocycles. The zero-order chi connectivity index (χ0) is 14.9. The van der Waals surface area contributed by atoms with E-state index in [9.17, 15) is 13.2 Å². The van der Waals surface area contributed by atoms with Crippen molar-refractivity contribution >= 4 is 22.3 Å². The molecule has 3 rings (SSSR count). The van der Waals surface area contributed by atoms with Gasteiger partial charge in [-0.1, -0.05) is 11.3 Å². The van der Waals surface area contributed by atoms with E-state index in [1.54, 1.807) is 6.20 Å². The van der Waals surface area contributed by atoms with Gasteiger partial charge in [-0.25, -0.2) is 9.97 Å². The van der Waals surface area contributed by atoms with Gasteiger partial charge in [0, 0.05) is 32.4 Å². The SMILES string of the molecule is FC(F)(F)c1nnc(N2CCN(c3ccncn3)CC2)s1. The minimum Gasteiger partial charge on any atom is -0.353 e. The predicted molar refractivity (Wildman–Crippen MR) is 71.4 cm³/mol. The first-order chi connectivity index (χ1) is 10.0. The van der Waals surface area contributed by atoms with E-state index in [1.165, 1.54) is 6.33 Å². The Hall–Kier alpha value is -1.97. The first-order valence-electron chi connectivity index (χ1n) is 6.20. The number of aromatic nitrogens is 4. The topological polar surface area (TPSA) is 58.0 Å². The van der Waals surface area contributed by atoms with Crippen molar-refractivity contribution < 1.29 is 13.2 Å². The number of anilines is 2. The van der Waals surface area contributed by atoms with Crippen molar-refractivity contribution in [2.75, 3.05) is 36.0 Å². The fraction of sp³-hybridized carbons (Fsp3) is 0.455. The average molecular weight is 316 g/mol. The fourth-order valence-electron chi connectivity index (χ4n) is 2.06. The lowest BCUT2D eigenvalue weighted by atomic mass is 10.3. The molecule has 1 aliphatic rings. The molecule has 6 nitrogen and oxygen atoms in total. The van der Waals surface area contributed by atoms with Gasteiger partial charge in [0.05, 0.1) is 0 Å². The maximum absolute atomic E-state index is 12.5. The fourth-order valence-corrected chi connectivity index (χ4v) is 2.82. The third kappa shape index (κ3) is 3.04. The Kier molecular flexibility index (Phi) is 3.62. The van der Waals surface area contributed by atoms with Crippen molar-refractivity contribution in [3.63, 3.8) is 0 Å². The molecule has 1 fully saturated rings. The van der Waals surface area contributed by atoms with Crippen LogP contribution in [0.4, 0.5) is 24.1 Å². The van der Waals surface area contributed by atoms with E-state index < -0.39 is 11.2 Å². The Morgan fingerprint density at radius 2 is 1.76 bits per heavy atom. The van der Waals surface area contributed by atoms with Crippen LogP contribution in [-0.2, 0) is 6.18 Å². The van der Waals surface area contributed by atoms with Crippen LogP contribution in [0.2, 0.25) is 0 Å². The molecule has 0 saturated carbocycles. The Morgan fingerprint density at radius 1 is 1.05 bits per heavy atom. The number of rotatable bonds is 2. The third-order valence-electron chi connectivity index (χ3n) is 3.10. The molecule has 0 bridgehead atoms. The number of alkyl halides is 3. The monoisotopic (exact) mass is 316 g/mol. The minimum absolute atomic E-state index is 0.310.